The summed E-state index contributed by atoms with van der Waals surface area (Å²) in [6.07, 6.45) is 4.27. The van der Waals surface area contributed by atoms with Gasteiger partial charge in [0.15, 0.2) is 9.84 Å². The van der Waals surface area contributed by atoms with Gasteiger partial charge in [-0.2, -0.15) is 0 Å². The van der Waals surface area contributed by atoms with Gasteiger partial charge in [-0.15, -0.1) is 0 Å². The summed E-state index contributed by atoms with van der Waals surface area (Å²) in [6, 6.07) is -0.329. The second-order valence-electron chi connectivity index (χ2n) is 7.51. The summed E-state index contributed by atoms with van der Waals surface area (Å²) < 4.78 is 30.2. The largest absolute Gasteiger partial charge is 0.469 e. The van der Waals surface area contributed by atoms with E-state index in [-0.39, 0.29) is 29.6 Å². The topological polar surface area (TPSA) is 86.5 Å². The number of esters is 1. The molecule has 0 spiro atoms. The van der Waals surface area contributed by atoms with Crippen LogP contribution < -0.4 is 5.73 Å². The lowest BCUT2D eigenvalue weighted by atomic mass is 9.73. The van der Waals surface area contributed by atoms with Crippen molar-refractivity contribution in [2.45, 2.75) is 63.7 Å². The zero-order chi connectivity index (χ0) is 15.9. The van der Waals surface area contributed by atoms with Gasteiger partial charge < -0.3 is 10.5 Å². The fourth-order valence-electron chi connectivity index (χ4n) is 3.47. The van der Waals surface area contributed by atoms with Crippen LogP contribution in [0.15, 0.2) is 0 Å². The zero-order valence-electron chi connectivity index (χ0n) is 13.2. The smallest absolute Gasteiger partial charge is 0.306 e. The van der Waals surface area contributed by atoms with Gasteiger partial charge in [0.05, 0.1) is 24.5 Å². The van der Waals surface area contributed by atoms with Crippen molar-refractivity contribution in [1.82, 2.24) is 0 Å². The van der Waals surface area contributed by atoms with Gasteiger partial charge >= 0.3 is 5.97 Å². The van der Waals surface area contributed by atoms with E-state index in [4.69, 9.17) is 5.73 Å². The molecule has 0 amide bonds. The Morgan fingerprint density at radius 3 is 2.43 bits per heavy atom. The van der Waals surface area contributed by atoms with Crippen LogP contribution in [0.4, 0.5) is 0 Å². The van der Waals surface area contributed by atoms with Crippen molar-refractivity contribution in [1.29, 1.82) is 0 Å². The van der Waals surface area contributed by atoms with E-state index in [1.807, 2.05) is 13.8 Å². The molecule has 0 aromatic heterocycles. The second-order valence-corrected chi connectivity index (χ2v) is 9.73. The summed E-state index contributed by atoms with van der Waals surface area (Å²) in [4.78, 5) is 11.5. The minimum Gasteiger partial charge on any atom is -0.469 e. The molecule has 0 aromatic carbocycles. The molecule has 21 heavy (non-hydrogen) atoms. The van der Waals surface area contributed by atoms with Gasteiger partial charge in [0.25, 0.3) is 0 Å². The first-order chi connectivity index (χ1) is 9.62. The van der Waals surface area contributed by atoms with Crippen LogP contribution in [-0.2, 0) is 19.4 Å². The monoisotopic (exact) mass is 317 g/mol. The molecule has 2 saturated carbocycles. The number of carbonyl (C=O) groups is 1. The second kappa shape index (κ2) is 5.54. The number of rotatable bonds is 5. The number of hydrogen-bond donors (Lipinski definition) is 1. The van der Waals surface area contributed by atoms with Crippen molar-refractivity contribution in [2.24, 2.45) is 16.6 Å². The first kappa shape index (κ1) is 16.7. The van der Waals surface area contributed by atoms with Gasteiger partial charge in [-0.05, 0) is 36.5 Å². The number of nitrogens with two attached hydrogens (primary N) is 1. The fraction of sp³-hybridized carbons (Fsp3) is 0.933. The van der Waals surface area contributed by atoms with Crippen LogP contribution in [0.5, 0.6) is 0 Å². The molecule has 0 aromatic rings. The van der Waals surface area contributed by atoms with E-state index in [1.54, 1.807) is 0 Å². The molecule has 0 aliphatic heterocycles. The Bertz CT molecular complexity index is 508. The summed E-state index contributed by atoms with van der Waals surface area (Å²) in [5.41, 5.74) is 5.70. The van der Waals surface area contributed by atoms with E-state index < -0.39 is 20.5 Å². The van der Waals surface area contributed by atoms with E-state index in [9.17, 15) is 13.2 Å². The van der Waals surface area contributed by atoms with E-state index in [0.29, 0.717) is 6.42 Å². The average Bonchev–Trinajstić information content (AvgIpc) is 3.10. The molecular weight excluding hydrogens is 290 g/mol. The van der Waals surface area contributed by atoms with E-state index in [2.05, 4.69) is 4.74 Å². The third kappa shape index (κ3) is 3.59. The van der Waals surface area contributed by atoms with Gasteiger partial charge in [0.1, 0.15) is 0 Å². The maximum Gasteiger partial charge on any atom is 0.306 e. The molecule has 2 unspecified atom stereocenters. The molecule has 2 aliphatic rings. The van der Waals surface area contributed by atoms with Crippen molar-refractivity contribution in [3.05, 3.63) is 0 Å². The molecule has 2 N–H and O–H groups in total. The Hall–Kier alpha value is -0.620. The lowest BCUT2D eigenvalue weighted by Crippen LogP contribution is -2.53. The van der Waals surface area contributed by atoms with Crippen molar-refractivity contribution >= 4 is 15.8 Å². The van der Waals surface area contributed by atoms with Crippen LogP contribution >= 0.6 is 0 Å². The Morgan fingerprint density at radius 2 is 1.90 bits per heavy atom. The summed E-state index contributed by atoms with van der Waals surface area (Å²) >= 11 is 0. The number of sulfone groups is 1. The van der Waals surface area contributed by atoms with Crippen molar-refractivity contribution in [3.63, 3.8) is 0 Å². The molecule has 5 nitrogen and oxygen atoms in total. The minimum atomic E-state index is -3.29. The van der Waals surface area contributed by atoms with Crippen LogP contribution in [0.3, 0.4) is 0 Å². The molecule has 0 saturated heterocycles. The molecule has 2 aliphatic carbocycles. The predicted octanol–water partition coefficient (Wildman–Crippen LogP) is 1.65. The lowest BCUT2D eigenvalue weighted by molar-refractivity contribution is -0.141. The zero-order valence-corrected chi connectivity index (χ0v) is 14.0. The van der Waals surface area contributed by atoms with Crippen LogP contribution in [0.1, 0.15) is 52.4 Å². The van der Waals surface area contributed by atoms with E-state index in [1.165, 1.54) is 7.11 Å². The molecule has 2 fully saturated rings. The number of ether oxygens (including phenoxy) is 1. The van der Waals surface area contributed by atoms with Gasteiger partial charge in [0.2, 0.25) is 0 Å². The Morgan fingerprint density at radius 1 is 1.29 bits per heavy atom. The van der Waals surface area contributed by atoms with Crippen LogP contribution in [0.2, 0.25) is 0 Å². The standard InChI is InChI=1S/C15H27NO4S/c1-14(2)6-4-5-11(13(14)16)21(18,19)10-15(7-8-15)9-12(17)20-3/h11,13H,4-10,16H2,1-3H3. The highest BCUT2D eigenvalue weighted by Crippen LogP contribution is 2.51. The van der Waals surface area contributed by atoms with Gasteiger partial charge in [-0.1, -0.05) is 20.3 Å². The summed E-state index contributed by atoms with van der Waals surface area (Å²) in [5, 5.41) is -0.476. The average molecular weight is 317 g/mol. The van der Waals surface area contributed by atoms with Crippen LogP contribution in [0.25, 0.3) is 0 Å². The van der Waals surface area contributed by atoms with Crippen molar-refractivity contribution in [3.8, 4) is 0 Å². The highest BCUT2D eigenvalue weighted by atomic mass is 32.2. The molecule has 0 radical (unpaired) electrons. The van der Waals surface area contributed by atoms with Crippen LogP contribution in [-0.4, -0.2) is 38.5 Å². The Labute approximate surface area is 127 Å². The highest BCUT2D eigenvalue weighted by molar-refractivity contribution is 7.92. The minimum absolute atomic E-state index is 0.0730. The maximum atomic E-state index is 12.8. The van der Waals surface area contributed by atoms with Gasteiger partial charge in [-0.25, -0.2) is 8.42 Å². The molecule has 2 rings (SSSR count). The molecular formula is C15H27NO4S. The Kier molecular flexibility index (Phi) is 4.42. The number of methoxy groups -OCH3 is 1. The molecule has 6 heteroatoms. The fourth-order valence-corrected chi connectivity index (χ4v) is 6.27. The van der Waals surface area contributed by atoms with Gasteiger partial charge in [-0.3, -0.25) is 4.79 Å². The third-order valence-electron chi connectivity index (χ3n) is 5.29. The van der Waals surface area contributed by atoms with Crippen LogP contribution in [0, 0.1) is 10.8 Å². The Balaban J connectivity index is 2.10. The predicted molar refractivity (Wildman–Crippen MR) is 81.5 cm³/mol. The molecule has 2 atom stereocenters. The quantitative estimate of drug-likeness (QED) is 0.779. The first-order valence-corrected chi connectivity index (χ1v) is 9.37. The lowest BCUT2D eigenvalue weighted by Gasteiger charge is -2.41. The summed E-state index contributed by atoms with van der Waals surface area (Å²) in [6.45, 7) is 4.08. The van der Waals surface area contributed by atoms with Crippen molar-refractivity contribution in [2.75, 3.05) is 12.9 Å². The molecule has 0 bridgehead atoms. The number of hydrogen-bond acceptors (Lipinski definition) is 5. The molecule has 122 valence electrons. The van der Waals surface area contributed by atoms with E-state index in [0.717, 1.165) is 25.7 Å². The maximum absolute atomic E-state index is 12.8. The third-order valence-corrected chi connectivity index (χ3v) is 7.75. The highest BCUT2D eigenvalue weighted by Gasteiger charge is 2.51. The normalized spacial score (nSPS) is 30.7. The van der Waals surface area contributed by atoms with Gasteiger partial charge in [0, 0.05) is 6.04 Å². The summed E-state index contributed by atoms with van der Waals surface area (Å²) in [5.74, 6) is -0.250. The molecule has 0 heterocycles. The van der Waals surface area contributed by atoms with E-state index >= 15 is 0 Å². The summed E-state index contributed by atoms with van der Waals surface area (Å²) in [7, 11) is -1.95. The number of carbonyl (C=O) groups excluding carboxylic acids is 1. The SMILES string of the molecule is COC(=O)CC1(CS(=O)(=O)C2CCCC(C)(C)C2N)CC1. The van der Waals surface area contributed by atoms with Crippen molar-refractivity contribution < 1.29 is 17.9 Å². The first-order valence-electron chi connectivity index (χ1n) is 7.66.